The minimum Gasteiger partial charge on any atom is -0.300 e. The molecule has 0 aromatic carbocycles. The fraction of sp³-hybridized carbons (Fsp3) is 1.00. The van der Waals surface area contributed by atoms with Crippen LogP contribution in [0.25, 0.3) is 0 Å². The van der Waals surface area contributed by atoms with Crippen LogP contribution >= 0.6 is 0 Å². The fourth-order valence-corrected chi connectivity index (χ4v) is 7.04. The van der Waals surface area contributed by atoms with E-state index in [4.69, 9.17) is 0 Å². The Labute approximate surface area is 175 Å². The second-order valence-electron chi connectivity index (χ2n) is 11.1. The summed E-state index contributed by atoms with van der Waals surface area (Å²) in [6, 6.07) is 2.79. The molecule has 2 heterocycles. The van der Waals surface area contributed by atoms with E-state index in [0.29, 0.717) is 0 Å². The minimum atomic E-state index is 0.896. The molecule has 0 bridgehead atoms. The third kappa shape index (κ3) is 4.64. The molecule has 1 unspecified atom stereocenters. The average molecular weight is 389 g/mol. The van der Waals surface area contributed by atoms with E-state index in [9.17, 15) is 0 Å². The van der Waals surface area contributed by atoms with Crippen molar-refractivity contribution in [2.45, 2.75) is 122 Å². The van der Waals surface area contributed by atoms with Gasteiger partial charge in [0.15, 0.2) is 0 Å². The summed E-state index contributed by atoms with van der Waals surface area (Å²) in [6.07, 6.45) is 19.1. The van der Waals surface area contributed by atoms with Crippen molar-refractivity contribution in [3.8, 4) is 0 Å². The molecule has 2 aliphatic carbocycles. The third-order valence-corrected chi connectivity index (χ3v) is 9.46. The molecule has 162 valence electrons. The lowest BCUT2D eigenvalue weighted by atomic mass is 9.74. The average Bonchev–Trinajstić information content (AvgIpc) is 2.60. The summed E-state index contributed by atoms with van der Waals surface area (Å²) in [7, 11) is 0. The summed E-state index contributed by atoms with van der Waals surface area (Å²) in [5.41, 5.74) is 0. The largest absolute Gasteiger partial charge is 0.300 e. The lowest BCUT2D eigenvalue weighted by Gasteiger charge is -2.50. The Morgan fingerprint density at radius 2 is 1.50 bits per heavy atom. The lowest BCUT2D eigenvalue weighted by molar-refractivity contribution is -0.00951. The van der Waals surface area contributed by atoms with E-state index in [1.165, 1.54) is 103 Å². The number of piperidine rings is 2. The molecule has 5 atom stereocenters. The Morgan fingerprint density at radius 1 is 0.750 bits per heavy atom. The van der Waals surface area contributed by atoms with Crippen LogP contribution < -0.4 is 0 Å². The predicted molar refractivity (Wildman–Crippen MR) is 121 cm³/mol. The number of likely N-dealkylation sites (tertiary alicyclic amines) is 2. The Bertz CT molecular complexity index is 469. The molecule has 0 aromatic rings. The highest BCUT2D eigenvalue weighted by atomic mass is 15.2. The van der Waals surface area contributed by atoms with E-state index in [0.717, 1.165) is 41.8 Å². The van der Waals surface area contributed by atoms with Gasteiger partial charge in [-0.15, -0.1) is 0 Å². The minimum absolute atomic E-state index is 0.896. The summed E-state index contributed by atoms with van der Waals surface area (Å²) < 4.78 is 0. The summed E-state index contributed by atoms with van der Waals surface area (Å²) in [5, 5.41) is 0. The van der Waals surface area contributed by atoms with Crippen LogP contribution in [-0.4, -0.2) is 47.6 Å². The van der Waals surface area contributed by atoms with Gasteiger partial charge in [-0.3, -0.25) is 4.90 Å². The Kier molecular flexibility index (Phi) is 7.42. The lowest BCUT2D eigenvalue weighted by Crippen LogP contribution is -2.54. The molecular weight excluding hydrogens is 340 g/mol. The van der Waals surface area contributed by atoms with E-state index < -0.39 is 0 Å². The molecule has 4 rings (SSSR count). The van der Waals surface area contributed by atoms with E-state index in [1.807, 2.05) is 0 Å². The van der Waals surface area contributed by atoms with Crippen molar-refractivity contribution in [1.29, 1.82) is 0 Å². The first-order chi connectivity index (χ1) is 13.7. The molecule has 2 aliphatic heterocycles. The summed E-state index contributed by atoms with van der Waals surface area (Å²) in [4.78, 5) is 5.91. The van der Waals surface area contributed by atoms with Crippen molar-refractivity contribution >= 4 is 0 Å². The quantitative estimate of drug-likeness (QED) is 0.478. The zero-order chi connectivity index (χ0) is 19.5. The summed E-state index contributed by atoms with van der Waals surface area (Å²) in [5.74, 6) is 3.89. The fourth-order valence-electron chi connectivity index (χ4n) is 7.04. The van der Waals surface area contributed by atoms with E-state index in [1.54, 1.807) is 0 Å². The van der Waals surface area contributed by atoms with Crippen molar-refractivity contribution in [3.05, 3.63) is 0 Å². The normalized spacial score (nSPS) is 38.9. The van der Waals surface area contributed by atoms with Crippen LogP contribution in [0, 0.1) is 23.7 Å². The SMILES string of the molecule is CCC[C@@H]1CCN(C2CCC2)C[C@H]1CCC1C[C@@H](CC)[C@@H](C)CN1C1CCC1. The van der Waals surface area contributed by atoms with E-state index >= 15 is 0 Å². The molecule has 2 nitrogen and oxygen atoms in total. The van der Waals surface area contributed by atoms with Gasteiger partial charge in [-0.2, -0.15) is 0 Å². The van der Waals surface area contributed by atoms with Gasteiger partial charge < -0.3 is 4.90 Å². The van der Waals surface area contributed by atoms with Crippen molar-refractivity contribution in [2.24, 2.45) is 23.7 Å². The highest BCUT2D eigenvalue weighted by Gasteiger charge is 2.39. The van der Waals surface area contributed by atoms with E-state index in [2.05, 4.69) is 30.6 Å². The second-order valence-corrected chi connectivity index (χ2v) is 11.1. The Morgan fingerprint density at radius 3 is 2.11 bits per heavy atom. The molecule has 0 spiro atoms. The predicted octanol–water partition coefficient (Wildman–Crippen LogP) is 6.35. The number of nitrogens with zero attached hydrogens (tertiary/aromatic N) is 2. The van der Waals surface area contributed by atoms with Gasteiger partial charge in [-0.1, -0.05) is 52.9 Å². The number of rotatable bonds is 8. The number of hydrogen-bond acceptors (Lipinski definition) is 2. The maximum Gasteiger partial charge on any atom is 0.0101 e. The van der Waals surface area contributed by atoms with Gasteiger partial charge in [-0.05, 0) is 81.6 Å². The first-order valence-electron chi connectivity index (χ1n) is 13.2. The zero-order valence-electron chi connectivity index (χ0n) is 19.2. The van der Waals surface area contributed by atoms with Gasteiger partial charge in [0, 0.05) is 31.2 Å². The third-order valence-electron chi connectivity index (χ3n) is 9.46. The van der Waals surface area contributed by atoms with Crippen LogP contribution in [0.1, 0.15) is 104 Å². The maximum atomic E-state index is 3.00. The van der Waals surface area contributed by atoms with Gasteiger partial charge in [0.05, 0.1) is 0 Å². The molecule has 0 amide bonds. The standard InChI is InChI=1S/C26H48N2/c1-4-8-22-15-16-27(24-9-6-10-24)19-23(22)13-14-26-17-21(5-2)20(3)18-28(26)25-11-7-12-25/h20-26H,4-19H2,1-3H3/t20-,21+,22+,23+,26?/m0/s1. The van der Waals surface area contributed by atoms with Gasteiger partial charge in [-0.25, -0.2) is 0 Å². The second kappa shape index (κ2) is 9.82. The smallest absolute Gasteiger partial charge is 0.0101 e. The van der Waals surface area contributed by atoms with Crippen molar-refractivity contribution in [2.75, 3.05) is 19.6 Å². The Hall–Kier alpha value is -0.0800. The topological polar surface area (TPSA) is 6.48 Å². The van der Waals surface area contributed by atoms with Crippen LogP contribution in [0.3, 0.4) is 0 Å². The summed E-state index contributed by atoms with van der Waals surface area (Å²) >= 11 is 0. The van der Waals surface area contributed by atoms with Crippen molar-refractivity contribution < 1.29 is 0 Å². The van der Waals surface area contributed by atoms with Crippen molar-refractivity contribution in [3.63, 3.8) is 0 Å². The highest BCUT2D eigenvalue weighted by molar-refractivity contribution is 4.93. The molecule has 4 fully saturated rings. The maximum absolute atomic E-state index is 3.00. The molecule has 4 aliphatic rings. The molecule has 0 radical (unpaired) electrons. The molecule has 2 saturated carbocycles. The van der Waals surface area contributed by atoms with Crippen LogP contribution in [-0.2, 0) is 0 Å². The first-order valence-corrected chi connectivity index (χ1v) is 13.2. The molecular formula is C26H48N2. The van der Waals surface area contributed by atoms with Crippen molar-refractivity contribution in [1.82, 2.24) is 9.80 Å². The summed E-state index contributed by atoms with van der Waals surface area (Å²) in [6.45, 7) is 11.6. The highest BCUT2D eigenvalue weighted by Crippen LogP contribution is 2.40. The monoisotopic (exact) mass is 388 g/mol. The van der Waals surface area contributed by atoms with Gasteiger partial charge in [0.1, 0.15) is 0 Å². The number of hydrogen-bond donors (Lipinski definition) is 0. The zero-order valence-corrected chi connectivity index (χ0v) is 19.2. The first kappa shape index (κ1) is 21.2. The molecule has 0 aromatic heterocycles. The Balaban J connectivity index is 1.37. The van der Waals surface area contributed by atoms with Crippen LogP contribution in [0.4, 0.5) is 0 Å². The molecule has 0 N–H and O–H groups in total. The van der Waals surface area contributed by atoms with Crippen LogP contribution in [0.2, 0.25) is 0 Å². The van der Waals surface area contributed by atoms with Gasteiger partial charge in [0.25, 0.3) is 0 Å². The molecule has 28 heavy (non-hydrogen) atoms. The van der Waals surface area contributed by atoms with E-state index in [-0.39, 0.29) is 0 Å². The van der Waals surface area contributed by atoms with Gasteiger partial charge in [0.2, 0.25) is 0 Å². The van der Waals surface area contributed by atoms with Crippen LogP contribution in [0.5, 0.6) is 0 Å². The molecule has 2 heteroatoms. The van der Waals surface area contributed by atoms with Gasteiger partial charge >= 0.3 is 0 Å². The molecule has 2 saturated heterocycles. The van der Waals surface area contributed by atoms with Crippen LogP contribution in [0.15, 0.2) is 0 Å².